The van der Waals surface area contributed by atoms with Gasteiger partial charge < -0.3 is 9.80 Å². The van der Waals surface area contributed by atoms with Crippen LogP contribution in [0.5, 0.6) is 0 Å². The number of hydrogen-bond acceptors (Lipinski definition) is 3. The van der Waals surface area contributed by atoms with E-state index < -0.39 is 11.6 Å². The van der Waals surface area contributed by atoms with E-state index in [-0.39, 0.29) is 29.8 Å². The molecule has 0 radical (unpaired) electrons. The molecule has 2 aliphatic rings. The van der Waals surface area contributed by atoms with Gasteiger partial charge >= 0.3 is 0 Å². The molecule has 0 N–H and O–H groups in total. The number of nitrogens with zero attached hydrogens (tertiary/aromatic N) is 3. The molecule has 148 valence electrons. The van der Waals surface area contributed by atoms with E-state index in [1.54, 1.807) is 4.90 Å². The molecule has 2 saturated heterocycles. The van der Waals surface area contributed by atoms with Crippen LogP contribution in [0.1, 0.15) is 31.7 Å². The normalized spacial score (nSPS) is 20.6. The molecule has 7 heteroatoms. The minimum Gasteiger partial charge on any atom is -0.341 e. The smallest absolute Gasteiger partial charge is 0.239 e. The Hall–Kier alpha value is -2.02. The molecule has 1 spiro atoms. The maximum Gasteiger partial charge on any atom is 0.239 e. The molecule has 2 heterocycles. The molecule has 0 aromatic heterocycles. The van der Waals surface area contributed by atoms with Crippen LogP contribution >= 0.6 is 0 Å². The van der Waals surface area contributed by atoms with E-state index >= 15 is 0 Å². The lowest BCUT2D eigenvalue weighted by molar-refractivity contribution is -0.137. The lowest BCUT2D eigenvalue weighted by Gasteiger charge is -2.40. The van der Waals surface area contributed by atoms with Gasteiger partial charge in [-0.15, -0.1) is 0 Å². The van der Waals surface area contributed by atoms with Crippen LogP contribution in [0.3, 0.4) is 0 Å². The predicted octanol–water partition coefficient (Wildman–Crippen LogP) is 2.26. The monoisotopic (exact) mass is 379 g/mol. The van der Waals surface area contributed by atoms with Gasteiger partial charge in [-0.3, -0.25) is 14.5 Å². The van der Waals surface area contributed by atoms with E-state index in [0.717, 1.165) is 18.9 Å². The average Bonchev–Trinajstić information content (AvgIpc) is 2.88. The molecule has 1 aromatic carbocycles. The largest absolute Gasteiger partial charge is 0.341 e. The van der Waals surface area contributed by atoms with Crippen LogP contribution in [0.15, 0.2) is 18.2 Å². The minimum atomic E-state index is -0.631. The van der Waals surface area contributed by atoms with Crippen LogP contribution in [0.4, 0.5) is 8.78 Å². The van der Waals surface area contributed by atoms with Crippen LogP contribution in [-0.4, -0.2) is 66.3 Å². The van der Waals surface area contributed by atoms with E-state index in [1.807, 2.05) is 30.8 Å². The van der Waals surface area contributed by atoms with Crippen LogP contribution in [0.25, 0.3) is 0 Å². The Morgan fingerprint density at radius 3 is 2.33 bits per heavy atom. The quantitative estimate of drug-likeness (QED) is 0.806. The highest BCUT2D eigenvalue weighted by Gasteiger charge is 2.45. The number of carbonyl (C=O) groups excluding carboxylic acids is 2. The zero-order valence-corrected chi connectivity index (χ0v) is 16.2. The van der Waals surface area contributed by atoms with E-state index in [4.69, 9.17) is 0 Å². The molecular weight excluding hydrogens is 352 g/mol. The predicted molar refractivity (Wildman–Crippen MR) is 97.8 cm³/mol. The number of likely N-dealkylation sites (tertiary alicyclic amines) is 2. The maximum atomic E-state index is 13.4. The summed E-state index contributed by atoms with van der Waals surface area (Å²) in [6.45, 7) is 3.98. The van der Waals surface area contributed by atoms with Crippen molar-refractivity contribution >= 4 is 11.8 Å². The van der Waals surface area contributed by atoms with Crippen molar-refractivity contribution in [3.8, 4) is 0 Å². The van der Waals surface area contributed by atoms with Crippen molar-refractivity contribution < 1.29 is 18.4 Å². The molecule has 0 aliphatic carbocycles. The molecule has 1 unspecified atom stereocenters. The van der Waals surface area contributed by atoms with Gasteiger partial charge in [-0.2, -0.15) is 0 Å². The highest BCUT2D eigenvalue weighted by molar-refractivity contribution is 5.82. The fourth-order valence-corrected chi connectivity index (χ4v) is 4.07. The maximum absolute atomic E-state index is 13.4. The fraction of sp³-hybridized carbons (Fsp3) is 0.600. The molecule has 2 amide bonds. The van der Waals surface area contributed by atoms with E-state index in [2.05, 4.69) is 0 Å². The highest BCUT2D eigenvalue weighted by atomic mass is 19.1. The van der Waals surface area contributed by atoms with Gasteiger partial charge in [0.25, 0.3) is 0 Å². The van der Waals surface area contributed by atoms with Gasteiger partial charge in [0.15, 0.2) is 0 Å². The van der Waals surface area contributed by atoms with Gasteiger partial charge in [0.1, 0.15) is 11.6 Å². The van der Waals surface area contributed by atoms with E-state index in [1.165, 1.54) is 12.1 Å². The molecule has 27 heavy (non-hydrogen) atoms. The molecule has 2 aliphatic heterocycles. The summed E-state index contributed by atoms with van der Waals surface area (Å²) in [6.07, 6.45) is 1.99. The van der Waals surface area contributed by atoms with Crippen molar-refractivity contribution in [2.24, 2.45) is 5.41 Å². The first kappa shape index (κ1) is 19.7. The summed E-state index contributed by atoms with van der Waals surface area (Å²) < 4.78 is 26.8. The molecule has 2 fully saturated rings. The second kappa shape index (κ2) is 7.54. The average molecular weight is 379 g/mol. The summed E-state index contributed by atoms with van der Waals surface area (Å²) >= 11 is 0. The van der Waals surface area contributed by atoms with E-state index in [0.29, 0.717) is 31.6 Å². The van der Waals surface area contributed by atoms with Gasteiger partial charge in [0.2, 0.25) is 11.8 Å². The Bertz CT molecular complexity index is 710. The number of halogens is 2. The van der Waals surface area contributed by atoms with Crippen molar-refractivity contribution in [3.63, 3.8) is 0 Å². The van der Waals surface area contributed by atoms with Crippen molar-refractivity contribution in [2.45, 2.75) is 38.8 Å². The van der Waals surface area contributed by atoms with E-state index in [9.17, 15) is 18.4 Å². The first-order valence-corrected chi connectivity index (χ1v) is 9.37. The number of piperidine rings is 1. The zero-order valence-electron chi connectivity index (χ0n) is 16.2. The molecule has 1 atom stereocenters. The Morgan fingerprint density at radius 1 is 1.19 bits per heavy atom. The summed E-state index contributed by atoms with van der Waals surface area (Å²) in [6, 6.07) is 3.21. The number of benzene rings is 1. The summed E-state index contributed by atoms with van der Waals surface area (Å²) in [4.78, 5) is 30.5. The lowest BCUT2D eigenvalue weighted by atomic mass is 9.77. The summed E-state index contributed by atoms with van der Waals surface area (Å²) in [7, 11) is 3.77. The first-order chi connectivity index (χ1) is 12.7. The van der Waals surface area contributed by atoms with Crippen LogP contribution < -0.4 is 0 Å². The Balaban J connectivity index is 1.61. The minimum absolute atomic E-state index is 0.0149. The number of carbonyl (C=O) groups is 2. The third-order valence-electron chi connectivity index (χ3n) is 5.97. The number of amides is 2. The van der Waals surface area contributed by atoms with Gasteiger partial charge in [-0.25, -0.2) is 8.78 Å². The Kier molecular flexibility index (Phi) is 5.51. The molecular formula is C20H27F2N3O2. The SMILES string of the molecule is CC(C(=O)N1CCC2(CC1)CC(=O)N(Cc1cc(F)cc(F)c1)C2)N(C)C. The number of rotatable bonds is 4. The van der Waals surface area contributed by atoms with Gasteiger partial charge in [-0.05, 0) is 51.6 Å². The topological polar surface area (TPSA) is 43.9 Å². The molecule has 5 nitrogen and oxygen atoms in total. The van der Waals surface area contributed by atoms with Crippen molar-refractivity contribution in [1.82, 2.24) is 14.7 Å². The van der Waals surface area contributed by atoms with Crippen LogP contribution in [0.2, 0.25) is 0 Å². The lowest BCUT2D eigenvalue weighted by Crippen LogP contribution is -2.50. The van der Waals surface area contributed by atoms with Crippen molar-refractivity contribution in [3.05, 3.63) is 35.4 Å². The van der Waals surface area contributed by atoms with Crippen LogP contribution in [0, 0.1) is 17.0 Å². The standard InChI is InChI=1S/C20H27F2N3O2/c1-14(23(2)3)19(27)24-6-4-20(5-7-24)11-18(26)25(13-20)12-15-8-16(21)10-17(22)9-15/h8-10,14H,4-7,11-13H2,1-3H3. The second-order valence-corrected chi connectivity index (χ2v) is 8.17. The fourth-order valence-electron chi connectivity index (χ4n) is 4.07. The molecule has 0 saturated carbocycles. The molecule has 1 aromatic rings. The van der Waals surface area contributed by atoms with Crippen LogP contribution in [-0.2, 0) is 16.1 Å². The third kappa shape index (κ3) is 4.29. The summed E-state index contributed by atoms with van der Waals surface area (Å²) in [5.41, 5.74) is 0.325. The molecule has 0 bridgehead atoms. The summed E-state index contributed by atoms with van der Waals surface area (Å²) in [5, 5.41) is 0. The Morgan fingerprint density at radius 2 is 1.78 bits per heavy atom. The van der Waals surface area contributed by atoms with Gasteiger partial charge in [0.05, 0.1) is 6.04 Å². The highest BCUT2D eigenvalue weighted by Crippen LogP contribution is 2.41. The Labute approximate surface area is 158 Å². The van der Waals surface area contributed by atoms with Gasteiger partial charge in [0, 0.05) is 44.1 Å². The van der Waals surface area contributed by atoms with Crippen molar-refractivity contribution in [1.29, 1.82) is 0 Å². The van der Waals surface area contributed by atoms with Crippen molar-refractivity contribution in [2.75, 3.05) is 33.7 Å². The second-order valence-electron chi connectivity index (χ2n) is 8.17. The zero-order chi connectivity index (χ0) is 19.8. The molecule has 3 rings (SSSR count). The van der Waals surface area contributed by atoms with Gasteiger partial charge in [-0.1, -0.05) is 0 Å². The number of likely N-dealkylation sites (N-methyl/N-ethyl adjacent to an activating group) is 1. The summed E-state index contributed by atoms with van der Waals surface area (Å²) in [5.74, 6) is -1.13. The third-order valence-corrected chi connectivity index (χ3v) is 5.97. The first-order valence-electron chi connectivity index (χ1n) is 9.37. The number of hydrogen-bond donors (Lipinski definition) is 0.